The second kappa shape index (κ2) is 12.0. The van der Waals surface area contributed by atoms with E-state index in [1.54, 1.807) is 25.3 Å². The number of nitrogens with zero attached hydrogens (tertiary/aromatic N) is 3. The quantitative estimate of drug-likeness (QED) is 0.351. The number of likely N-dealkylation sites (tertiary alicyclic amines) is 1. The molecule has 2 aromatic carbocycles. The zero-order valence-corrected chi connectivity index (χ0v) is 29.5. The maximum atomic E-state index is 14.9. The van der Waals surface area contributed by atoms with Crippen molar-refractivity contribution in [2.45, 2.75) is 86.7 Å². The number of amides is 2. The van der Waals surface area contributed by atoms with Gasteiger partial charge in [0.1, 0.15) is 5.75 Å². The van der Waals surface area contributed by atoms with Crippen LogP contribution in [-0.2, 0) is 26.2 Å². The largest absolute Gasteiger partial charge is 0.496 e. The summed E-state index contributed by atoms with van der Waals surface area (Å²) in [7, 11) is -0.220. The van der Waals surface area contributed by atoms with E-state index >= 15 is 0 Å². The number of nitrogens with one attached hydrogen (secondary N) is 1. The van der Waals surface area contributed by atoms with E-state index in [0.717, 1.165) is 77.8 Å². The number of rotatable bonds is 6. The Hall–Kier alpha value is -4.15. The van der Waals surface area contributed by atoms with Crippen LogP contribution in [0, 0.1) is 5.92 Å². The number of fused-ring (bicyclic) bond motifs is 8. The maximum absolute atomic E-state index is 14.9. The molecule has 3 aliphatic heterocycles. The Morgan fingerprint density at radius 2 is 1.68 bits per heavy atom. The van der Waals surface area contributed by atoms with Gasteiger partial charge in [-0.05, 0) is 91.6 Å². The summed E-state index contributed by atoms with van der Waals surface area (Å²) in [5.41, 5.74) is 6.50. The zero-order chi connectivity index (χ0) is 34.3. The third-order valence-electron chi connectivity index (χ3n) is 12.2. The fraction of sp³-hybridized carbons (Fsp3) is 0.450. The summed E-state index contributed by atoms with van der Waals surface area (Å²) in [5.74, 6) is 0.173. The highest BCUT2D eigenvalue weighted by Crippen LogP contribution is 2.55. The van der Waals surface area contributed by atoms with Crippen molar-refractivity contribution in [2.75, 3.05) is 27.2 Å². The molecule has 1 aromatic heterocycles. The van der Waals surface area contributed by atoms with Crippen molar-refractivity contribution in [3.05, 3.63) is 94.2 Å². The Labute approximate surface area is 293 Å². The molecule has 50 heavy (non-hydrogen) atoms. The molecule has 2 bridgehead atoms. The predicted octanol–water partition coefficient (Wildman–Crippen LogP) is 5.79. The van der Waals surface area contributed by atoms with Gasteiger partial charge in [-0.15, -0.1) is 0 Å². The molecule has 260 valence electrons. The van der Waals surface area contributed by atoms with Gasteiger partial charge in [-0.3, -0.25) is 9.59 Å². The molecular weight excluding hydrogens is 649 g/mol. The van der Waals surface area contributed by atoms with Crippen LogP contribution in [-0.4, -0.2) is 73.9 Å². The number of allylic oxidation sites excluding steroid dienone is 4. The summed E-state index contributed by atoms with van der Waals surface area (Å²) in [5, 5.41) is 1.03. The highest BCUT2D eigenvalue weighted by atomic mass is 32.2. The Kier molecular flexibility index (Phi) is 7.62. The standard InChI is InChI=1S/C40H44N4O5S/c1-42-21-25-16-17-26(22-42)44(25)40(46)30-15-9-14-29-35(30)33-20-31-34(49-2)19-18-28(24-10-5-3-6-11-24)38(31)43(33)23-32-36(29)37(32)39(45)41-50(47,48)27-12-7-4-8-13-27/h4,7-9,12-14,18-20,24-26,30,35H,3,5-6,10-11,15-17,21-23H2,1-2H3,(H,41,45)/t25?,26?,30-,35?/m1/s1. The Bertz CT molecular complexity index is 2110. The lowest BCUT2D eigenvalue weighted by Gasteiger charge is -2.43. The van der Waals surface area contributed by atoms with Crippen molar-refractivity contribution in [2.24, 2.45) is 5.92 Å². The molecular formula is C40H44N4O5S. The fourth-order valence-corrected chi connectivity index (χ4v) is 11.0. The van der Waals surface area contributed by atoms with Gasteiger partial charge in [-0.25, -0.2) is 13.1 Å². The Morgan fingerprint density at radius 3 is 2.40 bits per heavy atom. The number of likely N-dealkylation sites (N-methyl/N-ethyl adjacent to an activating group) is 1. The van der Waals surface area contributed by atoms with E-state index < -0.39 is 15.9 Å². The molecule has 1 N–H and O–H groups in total. The van der Waals surface area contributed by atoms with Crippen molar-refractivity contribution in [1.29, 1.82) is 0 Å². The molecule has 3 aromatic rings. The monoisotopic (exact) mass is 692 g/mol. The highest BCUT2D eigenvalue weighted by Gasteiger charge is 2.50. The molecule has 2 amide bonds. The van der Waals surface area contributed by atoms with E-state index in [9.17, 15) is 18.0 Å². The first kappa shape index (κ1) is 31.8. The van der Waals surface area contributed by atoms with E-state index in [1.165, 1.54) is 37.0 Å². The van der Waals surface area contributed by atoms with Crippen LogP contribution in [0.3, 0.4) is 0 Å². The van der Waals surface area contributed by atoms with Crippen LogP contribution in [0.15, 0.2) is 87.9 Å². The summed E-state index contributed by atoms with van der Waals surface area (Å²) < 4.78 is 37.3. The van der Waals surface area contributed by atoms with Gasteiger partial charge in [-0.1, -0.05) is 55.7 Å². The molecule has 0 radical (unpaired) electrons. The molecule has 9 rings (SSSR count). The first-order valence-corrected chi connectivity index (χ1v) is 19.7. The molecule has 0 spiro atoms. The molecule has 1 saturated carbocycles. The molecule has 10 heteroatoms. The van der Waals surface area contributed by atoms with Crippen LogP contribution in [0.4, 0.5) is 0 Å². The van der Waals surface area contributed by atoms with Gasteiger partial charge in [0.05, 0.1) is 29.0 Å². The summed E-state index contributed by atoms with van der Waals surface area (Å²) in [6.45, 7) is 2.21. The van der Waals surface area contributed by atoms with E-state index in [2.05, 4.69) is 56.5 Å². The van der Waals surface area contributed by atoms with Crippen molar-refractivity contribution in [3.63, 3.8) is 0 Å². The number of piperazine rings is 1. The number of benzene rings is 2. The number of methoxy groups -OCH3 is 1. The highest BCUT2D eigenvalue weighted by molar-refractivity contribution is 7.90. The number of hydrogen-bond acceptors (Lipinski definition) is 6. The second-order valence-corrected chi connectivity index (χ2v) is 16.8. The number of hydrogen-bond donors (Lipinski definition) is 1. The Morgan fingerprint density at radius 1 is 0.940 bits per heavy atom. The minimum absolute atomic E-state index is 0.0447. The lowest BCUT2D eigenvalue weighted by molar-refractivity contribution is -0.141. The van der Waals surface area contributed by atoms with E-state index in [-0.39, 0.29) is 34.7 Å². The average molecular weight is 693 g/mol. The number of carbonyl (C=O) groups is 2. The number of ether oxygens (including phenoxy) is 1. The Balaban J connectivity index is 1.19. The van der Waals surface area contributed by atoms with Crippen LogP contribution in [0.2, 0.25) is 0 Å². The predicted molar refractivity (Wildman–Crippen MR) is 191 cm³/mol. The van der Waals surface area contributed by atoms with Gasteiger partial charge < -0.3 is 19.1 Å². The van der Waals surface area contributed by atoms with Crippen LogP contribution in [0.5, 0.6) is 5.75 Å². The molecule has 4 atom stereocenters. The van der Waals surface area contributed by atoms with Crippen LogP contribution < -0.4 is 9.46 Å². The van der Waals surface area contributed by atoms with E-state index in [0.29, 0.717) is 24.5 Å². The molecule has 3 aliphatic carbocycles. The van der Waals surface area contributed by atoms with Crippen LogP contribution >= 0.6 is 0 Å². The normalized spacial score (nSPS) is 26.4. The SMILES string of the molecule is COc1ccc(C2CCCCC2)c2c1cc1n2CC2=C(C(=O)NS(=O)(=O)c3ccccc3)C2=C2C=CC[C@@H](C(=O)N3C4CCC3CN(C)C4)C21. The van der Waals surface area contributed by atoms with Gasteiger partial charge in [-0.2, -0.15) is 0 Å². The fourth-order valence-electron chi connectivity index (χ4n) is 10.0. The number of sulfonamides is 1. The summed E-state index contributed by atoms with van der Waals surface area (Å²) >= 11 is 0. The molecule has 4 heterocycles. The van der Waals surface area contributed by atoms with E-state index in [1.807, 2.05) is 0 Å². The lowest BCUT2D eigenvalue weighted by Crippen LogP contribution is -2.56. The molecule has 2 saturated heterocycles. The first-order valence-electron chi connectivity index (χ1n) is 18.2. The minimum Gasteiger partial charge on any atom is -0.496 e. The molecule has 9 nitrogen and oxygen atoms in total. The van der Waals surface area contributed by atoms with Crippen LogP contribution in [0.1, 0.15) is 74.5 Å². The maximum Gasteiger partial charge on any atom is 0.266 e. The van der Waals surface area contributed by atoms with Gasteiger partial charge >= 0.3 is 0 Å². The first-order chi connectivity index (χ1) is 24.2. The van der Waals surface area contributed by atoms with E-state index in [4.69, 9.17) is 4.74 Å². The second-order valence-electron chi connectivity index (χ2n) is 15.1. The molecule has 3 unspecified atom stereocenters. The van der Waals surface area contributed by atoms with Crippen molar-refractivity contribution in [1.82, 2.24) is 19.1 Å². The minimum atomic E-state index is -4.07. The molecule has 6 aliphatic rings. The van der Waals surface area contributed by atoms with Gasteiger partial charge in [0.25, 0.3) is 15.9 Å². The van der Waals surface area contributed by atoms with Gasteiger partial charge in [0, 0.05) is 48.7 Å². The topological polar surface area (TPSA) is 101 Å². The number of aromatic nitrogens is 1. The van der Waals surface area contributed by atoms with Crippen molar-refractivity contribution >= 4 is 32.7 Å². The van der Waals surface area contributed by atoms with Crippen LogP contribution in [0.25, 0.3) is 10.9 Å². The average Bonchev–Trinajstić information content (AvgIpc) is 3.66. The number of carbonyl (C=O) groups excluding carboxylic acids is 2. The summed E-state index contributed by atoms with van der Waals surface area (Å²) in [6, 6.07) is 15.0. The smallest absolute Gasteiger partial charge is 0.266 e. The molecule has 3 fully saturated rings. The summed E-state index contributed by atoms with van der Waals surface area (Å²) in [6.07, 6.45) is 12.7. The zero-order valence-electron chi connectivity index (χ0n) is 28.7. The lowest BCUT2D eigenvalue weighted by atomic mass is 9.75. The van der Waals surface area contributed by atoms with Gasteiger partial charge in [0.2, 0.25) is 5.91 Å². The van der Waals surface area contributed by atoms with Crippen molar-refractivity contribution < 1.29 is 22.7 Å². The third kappa shape index (κ3) is 5.00. The summed E-state index contributed by atoms with van der Waals surface area (Å²) in [4.78, 5) is 33.4. The van der Waals surface area contributed by atoms with Gasteiger partial charge in [0.15, 0.2) is 0 Å². The third-order valence-corrected chi connectivity index (χ3v) is 13.6. The van der Waals surface area contributed by atoms with Crippen molar-refractivity contribution in [3.8, 4) is 5.75 Å².